The average Bonchev–Trinajstić information content (AvgIpc) is 3.34. The van der Waals surface area contributed by atoms with Gasteiger partial charge in [-0.2, -0.15) is 0 Å². The molecule has 0 saturated heterocycles. The summed E-state index contributed by atoms with van der Waals surface area (Å²) < 4.78 is 37.4. The van der Waals surface area contributed by atoms with Crippen molar-refractivity contribution < 1.29 is 22.7 Å². The van der Waals surface area contributed by atoms with Gasteiger partial charge in [0.05, 0.1) is 0 Å². The number of unbranched alkanes of at least 4 members (excludes halogenated alkanes) is 15. The number of hydrogen-bond donors (Lipinski definition) is 1. The molecule has 0 saturated carbocycles. The first-order valence-electron chi connectivity index (χ1n) is 14.0. The molecule has 1 heterocycles. The average molecular weight is 506 g/mol. The van der Waals surface area contributed by atoms with Gasteiger partial charge in [0.1, 0.15) is 18.2 Å². The number of amides is 1. The molecule has 1 N–H and O–H groups in total. The Morgan fingerprint density at radius 1 is 0.778 bits per heavy atom. The van der Waals surface area contributed by atoms with Crippen LogP contribution in [-0.4, -0.2) is 12.5 Å². The van der Waals surface area contributed by atoms with E-state index in [1.54, 1.807) is 12.1 Å². The highest BCUT2D eigenvalue weighted by molar-refractivity contribution is 5.91. The first-order valence-corrected chi connectivity index (χ1v) is 14.0. The first-order chi connectivity index (χ1) is 17.6. The van der Waals surface area contributed by atoms with E-state index in [-0.39, 0.29) is 24.0 Å². The zero-order valence-electron chi connectivity index (χ0n) is 22.1. The van der Waals surface area contributed by atoms with Crippen molar-refractivity contribution in [2.24, 2.45) is 0 Å². The minimum Gasteiger partial charge on any atom is -0.483 e. The Bertz CT molecular complexity index is 852. The van der Waals surface area contributed by atoms with Crippen LogP contribution in [0.1, 0.15) is 126 Å². The maximum absolute atomic E-state index is 13.6. The number of ether oxygens (including phenoxy) is 1. The molecule has 0 aliphatic carbocycles. The predicted octanol–water partition coefficient (Wildman–Crippen LogP) is 9.13. The molecule has 4 nitrogen and oxygen atoms in total. The van der Waals surface area contributed by atoms with Gasteiger partial charge in [-0.05, 0) is 30.7 Å². The van der Waals surface area contributed by atoms with Crippen molar-refractivity contribution >= 4 is 5.91 Å². The third-order valence-electron chi connectivity index (χ3n) is 6.47. The van der Waals surface area contributed by atoms with Crippen LogP contribution in [-0.2, 0) is 6.61 Å². The Hall–Kier alpha value is -2.37. The Labute approximate surface area is 216 Å². The van der Waals surface area contributed by atoms with E-state index in [0.717, 1.165) is 25.0 Å². The predicted molar refractivity (Wildman–Crippen MR) is 141 cm³/mol. The minimum absolute atomic E-state index is 0.0467. The zero-order chi connectivity index (χ0) is 25.8. The molecule has 0 atom stereocenters. The number of hydrogen-bond acceptors (Lipinski definition) is 3. The summed E-state index contributed by atoms with van der Waals surface area (Å²) in [6.07, 6.45) is 21.1. The van der Waals surface area contributed by atoms with Gasteiger partial charge in [-0.15, -0.1) is 0 Å². The molecule has 1 aromatic carbocycles. The highest BCUT2D eigenvalue weighted by Gasteiger charge is 2.12. The van der Waals surface area contributed by atoms with Crippen molar-refractivity contribution in [3.05, 3.63) is 53.5 Å². The summed E-state index contributed by atoms with van der Waals surface area (Å²) in [7, 11) is 0. The SMILES string of the molecule is CCCCCCCCCCCCCCCCCCNC(=O)c1ccc(COc2ccc(F)cc2F)o1. The summed E-state index contributed by atoms with van der Waals surface area (Å²) in [5.74, 6) is -1.19. The number of carbonyl (C=O) groups excluding carboxylic acids is 1. The second kappa shape index (κ2) is 18.8. The van der Waals surface area contributed by atoms with Crippen LogP contribution >= 0.6 is 0 Å². The highest BCUT2D eigenvalue weighted by Crippen LogP contribution is 2.20. The summed E-state index contributed by atoms with van der Waals surface area (Å²) in [6, 6.07) is 6.29. The van der Waals surface area contributed by atoms with Crippen molar-refractivity contribution in [1.82, 2.24) is 5.32 Å². The maximum atomic E-state index is 13.6. The van der Waals surface area contributed by atoms with Gasteiger partial charge in [-0.25, -0.2) is 8.78 Å². The second-order valence-electron chi connectivity index (χ2n) is 9.69. The highest BCUT2D eigenvalue weighted by atomic mass is 19.1. The Balaban J connectivity index is 1.41. The van der Waals surface area contributed by atoms with Crippen molar-refractivity contribution in [3.63, 3.8) is 0 Å². The van der Waals surface area contributed by atoms with Crippen molar-refractivity contribution in [2.75, 3.05) is 6.54 Å². The van der Waals surface area contributed by atoms with Crippen LogP contribution in [0.25, 0.3) is 0 Å². The van der Waals surface area contributed by atoms with E-state index in [1.807, 2.05) is 0 Å². The molecule has 0 radical (unpaired) electrons. The molecule has 0 spiro atoms. The molecule has 36 heavy (non-hydrogen) atoms. The Morgan fingerprint density at radius 2 is 1.33 bits per heavy atom. The van der Waals surface area contributed by atoms with Gasteiger partial charge >= 0.3 is 0 Å². The van der Waals surface area contributed by atoms with Gasteiger partial charge in [0, 0.05) is 12.6 Å². The number of benzene rings is 1. The van der Waals surface area contributed by atoms with Crippen LogP contribution in [0.2, 0.25) is 0 Å². The molecule has 1 amide bonds. The van der Waals surface area contributed by atoms with E-state index in [9.17, 15) is 13.6 Å². The minimum atomic E-state index is -0.779. The normalized spacial score (nSPS) is 11.1. The van der Waals surface area contributed by atoms with Crippen LogP contribution in [0.3, 0.4) is 0 Å². The number of nitrogens with one attached hydrogen (secondary N) is 1. The molecule has 0 fully saturated rings. The smallest absolute Gasteiger partial charge is 0.286 e. The molecule has 0 unspecified atom stereocenters. The second-order valence-corrected chi connectivity index (χ2v) is 9.69. The van der Waals surface area contributed by atoms with E-state index in [2.05, 4.69) is 12.2 Å². The van der Waals surface area contributed by atoms with Crippen molar-refractivity contribution in [2.45, 2.75) is 116 Å². The monoisotopic (exact) mass is 505 g/mol. The quantitative estimate of drug-likeness (QED) is 0.172. The lowest BCUT2D eigenvalue weighted by Crippen LogP contribution is -2.23. The third kappa shape index (κ3) is 13.1. The molecule has 2 aromatic rings. The lowest BCUT2D eigenvalue weighted by Gasteiger charge is -2.06. The van der Waals surface area contributed by atoms with E-state index < -0.39 is 11.6 Å². The van der Waals surface area contributed by atoms with Crippen LogP contribution in [0.4, 0.5) is 8.78 Å². The van der Waals surface area contributed by atoms with Gasteiger partial charge in [-0.3, -0.25) is 4.79 Å². The van der Waals surface area contributed by atoms with Gasteiger partial charge in [-0.1, -0.05) is 103 Å². The van der Waals surface area contributed by atoms with Crippen molar-refractivity contribution in [1.29, 1.82) is 0 Å². The van der Waals surface area contributed by atoms with Gasteiger partial charge in [0.25, 0.3) is 5.91 Å². The lowest BCUT2D eigenvalue weighted by atomic mass is 10.0. The fraction of sp³-hybridized carbons (Fsp3) is 0.633. The number of halogens is 2. The number of rotatable bonds is 21. The maximum Gasteiger partial charge on any atom is 0.286 e. The van der Waals surface area contributed by atoms with E-state index in [0.29, 0.717) is 12.3 Å². The van der Waals surface area contributed by atoms with E-state index in [1.165, 1.54) is 96.0 Å². The largest absolute Gasteiger partial charge is 0.483 e. The molecular weight excluding hydrogens is 460 g/mol. The molecule has 0 aliphatic heterocycles. The topological polar surface area (TPSA) is 51.5 Å². The van der Waals surface area contributed by atoms with Crippen LogP contribution in [0.15, 0.2) is 34.7 Å². The lowest BCUT2D eigenvalue weighted by molar-refractivity contribution is 0.0921. The first kappa shape index (κ1) is 29.9. The van der Waals surface area contributed by atoms with Crippen LogP contribution in [0, 0.1) is 11.6 Å². The molecule has 0 aliphatic rings. The molecule has 2 rings (SSSR count). The molecular formula is C30H45F2NO3. The summed E-state index contributed by atoms with van der Waals surface area (Å²) >= 11 is 0. The standard InChI is InChI=1S/C30H45F2NO3/c1-2-3-4-5-6-7-8-9-10-11-12-13-14-15-16-17-22-33-30(34)29-21-19-26(36-29)24-35-28-20-18-25(31)23-27(28)32/h18-21,23H,2-17,22,24H2,1H3,(H,33,34). The summed E-state index contributed by atoms with van der Waals surface area (Å²) in [4.78, 5) is 12.2. The zero-order valence-corrected chi connectivity index (χ0v) is 22.1. The number of furan rings is 1. The molecule has 6 heteroatoms. The molecule has 202 valence electrons. The third-order valence-corrected chi connectivity index (χ3v) is 6.47. The molecule has 0 bridgehead atoms. The van der Waals surface area contributed by atoms with Gasteiger partial charge < -0.3 is 14.5 Å². The summed E-state index contributed by atoms with van der Waals surface area (Å²) in [5.41, 5.74) is 0. The van der Waals surface area contributed by atoms with Gasteiger partial charge in [0.2, 0.25) is 0 Å². The Morgan fingerprint density at radius 3 is 1.89 bits per heavy atom. The molecule has 1 aromatic heterocycles. The fourth-order valence-electron chi connectivity index (χ4n) is 4.28. The van der Waals surface area contributed by atoms with Crippen LogP contribution in [0.5, 0.6) is 5.75 Å². The summed E-state index contributed by atoms with van der Waals surface area (Å²) in [5, 5.41) is 2.88. The Kier molecular flexibility index (Phi) is 15.6. The van der Waals surface area contributed by atoms with E-state index in [4.69, 9.17) is 9.15 Å². The van der Waals surface area contributed by atoms with E-state index >= 15 is 0 Å². The summed E-state index contributed by atoms with van der Waals surface area (Å²) in [6.45, 7) is 2.84. The van der Waals surface area contributed by atoms with Crippen molar-refractivity contribution in [3.8, 4) is 5.75 Å². The fourth-order valence-corrected chi connectivity index (χ4v) is 4.28. The number of carbonyl (C=O) groups is 1. The van der Waals surface area contributed by atoms with Crippen LogP contribution < -0.4 is 10.1 Å². The van der Waals surface area contributed by atoms with Gasteiger partial charge in [0.15, 0.2) is 17.3 Å².